The van der Waals surface area contributed by atoms with Crippen LogP contribution in [0.1, 0.15) is 83.1 Å². The molecule has 0 aromatic heterocycles. The summed E-state index contributed by atoms with van der Waals surface area (Å²) in [5, 5.41) is 0. The van der Waals surface area contributed by atoms with Gasteiger partial charge in [0.2, 0.25) is 6.10 Å². The Bertz CT molecular complexity index is 867. The molecular formula is C27H42O9. The van der Waals surface area contributed by atoms with Crippen LogP contribution in [0.3, 0.4) is 0 Å². The molecule has 0 N–H and O–H groups in total. The van der Waals surface area contributed by atoms with Crippen LogP contribution in [0.15, 0.2) is 0 Å². The highest BCUT2D eigenvalue weighted by Gasteiger charge is 2.47. The summed E-state index contributed by atoms with van der Waals surface area (Å²) in [5.74, 6) is -0.818. The lowest BCUT2D eigenvalue weighted by Crippen LogP contribution is -2.54. The molecule has 0 saturated carbocycles. The number of carbonyl (C=O) groups excluding carboxylic acids is 5. The van der Waals surface area contributed by atoms with Crippen LogP contribution in [-0.4, -0.2) is 54.6 Å². The molecule has 0 saturated heterocycles. The zero-order valence-corrected chi connectivity index (χ0v) is 23.6. The van der Waals surface area contributed by atoms with E-state index in [0.29, 0.717) is 0 Å². The van der Waals surface area contributed by atoms with Crippen LogP contribution in [-0.2, 0) is 42.9 Å². The van der Waals surface area contributed by atoms with E-state index in [2.05, 4.69) is 5.92 Å². The van der Waals surface area contributed by atoms with Gasteiger partial charge in [-0.05, 0) is 83.1 Å². The molecule has 0 aliphatic carbocycles. The highest BCUT2D eigenvalue weighted by Crippen LogP contribution is 2.28. The summed E-state index contributed by atoms with van der Waals surface area (Å²) in [6.45, 7) is 18.9. The molecule has 0 aliphatic heterocycles. The number of esters is 4. The quantitative estimate of drug-likeness (QED) is 0.208. The van der Waals surface area contributed by atoms with Crippen LogP contribution in [0, 0.1) is 34.0 Å². The maximum atomic E-state index is 12.9. The van der Waals surface area contributed by atoms with Gasteiger partial charge in [-0.15, -0.1) is 6.42 Å². The van der Waals surface area contributed by atoms with Crippen molar-refractivity contribution in [3.05, 3.63) is 0 Å². The Morgan fingerprint density at radius 1 is 0.583 bits per heavy atom. The van der Waals surface area contributed by atoms with Gasteiger partial charge in [-0.3, -0.25) is 24.0 Å². The van der Waals surface area contributed by atoms with Crippen LogP contribution < -0.4 is 0 Å². The first kappa shape index (κ1) is 33.1. The first-order valence-electron chi connectivity index (χ1n) is 11.7. The normalized spacial score (nSPS) is 15.9. The summed E-state index contributed by atoms with van der Waals surface area (Å²) in [5.41, 5.74) is -4.08. The zero-order chi connectivity index (χ0) is 28.9. The van der Waals surface area contributed by atoms with E-state index in [1.54, 1.807) is 83.1 Å². The van der Waals surface area contributed by atoms with Gasteiger partial charge in [-0.2, -0.15) is 0 Å². The Balaban J connectivity index is 6.83. The predicted octanol–water partition coefficient (Wildman–Crippen LogP) is 3.65. The van der Waals surface area contributed by atoms with Gasteiger partial charge >= 0.3 is 23.9 Å². The summed E-state index contributed by atoms with van der Waals surface area (Å²) < 4.78 is 22.0. The third-order valence-corrected chi connectivity index (χ3v) is 4.66. The van der Waals surface area contributed by atoms with E-state index >= 15 is 0 Å². The molecule has 4 atom stereocenters. The largest absolute Gasteiger partial charge is 0.453 e. The van der Waals surface area contributed by atoms with Crippen molar-refractivity contribution in [2.45, 2.75) is 108 Å². The van der Waals surface area contributed by atoms with Crippen molar-refractivity contribution >= 4 is 30.2 Å². The van der Waals surface area contributed by atoms with Gasteiger partial charge in [-0.25, -0.2) is 0 Å². The fourth-order valence-corrected chi connectivity index (χ4v) is 2.18. The lowest BCUT2D eigenvalue weighted by atomic mass is 9.94. The average Bonchev–Trinajstić information content (AvgIpc) is 2.69. The molecule has 0 aromatic carbocycles. The van der Waals surface area contributed by atoms with Crippen molar-refractivity contribution in [2.24, 2.45) is 21.7 Å². The third-order valence-electron chi connectivity index (χ3n) is 4.66. The average molecular weight is 511 g/mol. The molecule has 0 rings (SSSR count). The van der Waals surface area contributed by atoms with Crippen molar-refractivity contribution in [3.8, 4) is 12.3 Å². The lowest BCUT2D eigenvalue weighted by Gasteiger charge is -2.36. The Morgan fingerprint density at radius 3 is 1.19 bits per heavy atom. The highest BCUT2D eigenvalue weighted by molar-refractivity contribution is 5.80. The third kappa shape index (κ3) is 10.00. The van der Waals surface area contributed by atoms with E-state index in [0.717, 1.165) is 0 Å². The number of ether oxygens (including phenoxy) is 4. The number of carbonyl (C=O) groups is 5. The van der Waals surface area contributed by atoms with Crippen molar-refractivity contribution in [3.63, 3.8) is 0 Å². The predicted molar refractivity (Wildman–Crippen MR) is 132 cm³/mol. The Kier molecular flexibility index (Phi) is 10.9. The molecule has 0 fully saturated rings. The fraction of sp³-hybridized carbons (Fsp3) is 0.741. The summed E-state index contributed by atoms with van der Waals surface area (Å²) in [6, 6.07) is 0. The molecule has 0 bridgehead atoms. The second-order valence-electron chi connectivity index (χ2n) is 12.7. The minimum Gasteiger partial charge on any atom is -0.453 e. The molecule has 36 heavy (non-hydrogen) atoms. The van der Waals surface area contributed by atoms with Crippen LogP contribution in [0.4, 0.5) is 0 Å². The number of aldehydes is 1. The minimum absolute atomic E-state index is 0.251. The Hall–Kier alpha value is -2.89. The molecule has 0 spiro atoms. The maximum absolute atomic E-state index is 12.9. The van der Waals surface area contributed by atoms with Gasteiger partial charge in [0.15, 0.2) is 24.6 Å². The van der Waals surface area contributed by atoms with Gasteiger partial charge in [0.05, 0.1) is 21.7 Å². The van der Waals surface area contributed by atoms with Crippen molar-refractivity contribution in [1.82, 2.24) is 0 Å². The molecule has 9 nitrogen and oxygen atoms in total. The number of terminal acetylenes is 1. The molecule has 0 amide bonds. The smallest absolute Gasteiger partial charge is 0.312 e. The molecular weight excluding hydrogens is 468 g/mol. The number of hydrogen-bond acceptors (Lipinski definition) is 9. The molecule has 0 aliphatic rings. The number of hydrogen-bond donors (Lipinski definition) is 0. The van der Waals surface area contributed by atoms with Gasteiger partial charge in [0, 0.05) is 0 Å². The molecule has 0 heterocycles. The fourth-order valence-electron chi connectivity index (χ4n) is 2.18. The first-order valence-corrected chi connectivity index (χ1v) is 11.7. The molecule has 9 heteroatoms. The van der Waals surface area contributed by atoms with Gasteiger partial charge in [0.25, 0.3) is 0 Å². The standard InChI is InChI=1S/C27H42O9/c1-14-16(33-20(29)24(2,3)4)18(35-22(31)26(8,9)10)19(36-23(32)27(11,12)13)17(15-28)34-21(30)25(5,6)7/h1,15-19H,2-13H3/t16?,17-,18-,19+/m1/s1. The first-order chi connectivity index (χ1) is 16.0. The highest BCUT2D eigenvalue weighted by atomic mass is 16.6. The van der Waals surface area contributed by atoms with Gasteiger partial charge < -0.3 is 18.9 Å². The number of rotatable bonds is 8. The van der Waals surface area contributed by atoms with Crippen LogP contribution in [0.5, 0.6) is 0 Å². The Morgan fingerprint density at radius 2 is 0.889 bits per heavy atom. The van der Waals surface area contributed by atoms with E-state index in [-0.39, 0.29) is 6.29 Å². The van der Waals surface area contributed by atoms with Gasteiger partial charge in [0.1, 0.15) is 0 Å². The van der Waals surface area contributed by atoms with E-state index in [9.17, 15) is 24.0 Å². The lowest BCUT2D eigenvalue weighted by molar-refractivity contribution is -0.205. The van der Waals surface area contributed by atoms with Crippen molar-refractivity contribution in [2.75, 3.05) is 0 Å². The topological polar surface area (TPSA) is 122 Å². The minimum atomic E-state index is -1.72. The van der Waals surface area contributed by atoms with Crippen LogP contribution in [0.25, 0.3) is 0 Å². The second kappa shape index (κ2) is 11.9. The van der Waals surface area contributed by atoms with Gasteiger partial charge in [-0.1, -0.05) is 5.92 Å². The maximum Gasteiger partial charge on any atom is 0.312 e. The molecule has 1 unspecified atom stereocenters. The molecule has 0 radical (unpaired) electrons. The Labute approximate surface area is 214 Å². The van der Waals surface area contributed by atoms with E-state index in [1.165, 1.54) is 0 Å². The summed E-state index contributed by atoms with van der Waals surface area (Å²) >= 11 is 0. The van der Waals surface area contributed by atoms with Crippen molar-refractivity contribution in [1.29, 1.82) is 0 Å². The van der Waals surface area contributed by atoms with E-state index in [4.69, 9.17) is 25.4 Å². The van der Waals surface area contributed by atoms with E-state index < -0.39 is 70.0 Å². The van der Waals surface area contributed by atoms with E-state index in [1.807, 2.05) is 0 Å². The second-order valence-corrected chi connectivity index (χ2v) is 12.7. The summed E-state index contributed by atoms with van der Waals surface area (Å²) in [7, 11) is 0. The summed E-state index contributed by atoms with van der Waals surface area (Å²) in [6.07, 6.45) is -0.750. The SMILES string of the molecule is C#CC(OC(=O)C(C)(C)C)[C@@H](OC(=O)C(C)(C)C)[C@@H](OC(=O)C(C)(C)C)[C@@H](C=O)OC(=O)C(C)(C)C. The zero-order valence-electron chi connectivity index (χ0n) is 23.6. The van der Waals surface area contributed by atoms with Crippen LogP contribution >= 0.6 is 0 Å². The molecule has 0 aromatic rings. The van der Waals surface area contributed by atoms with Crippen molar-refractivity contribution < 1.29 is 42.9 Å². The molecule has 204 valence electrons. The van der Waals surface area contributed by atoms with Crippen LogP contribution in [0.2, 0.25) is 0 Å². The monoisotopic (exact) mass is 510 g/mol. The summed E-state index contributed by atoms with van der Waals surface area (Å²) in [4.78, 5) is 63.2.